The third-order valence-corrected chi connectivity index (χ3v) is 4.53. The maximum absolute atomic E-state index is 6.06. The van der Waals surface area contributed by atoms with Gasteiger partial charge in [0.15, 0.2) is 10.9 Å². The molecule has 0 aliphatic rings. The third-order valence-electron chi connectivity index (χ3n) is 3.54. The van der Waals surface area contributed by atoms with Crippen LogP contribution in [0, 0.1) is 6.92 Å². The van der Waals surface area contributed by atoms with Crippen molar-refractivity contribution in [1.82, 2.24) is 15.1 Å². The molecule has 0 saturated carbocycles. The molecule has 0 aliphatic heterocycles. The number of aryl methyl sites for hydroxylation is 1. The van der Waals surface area contributed by atoms with Gasteiger partial charge in [-0.15, -0.1) is 0 Å². The van der Waals surface area contributed by atoms with Gasteiger partial charge in [0.05, 0.1) is 29.4 Å². The molecule has 2 aromatic heterocycles. The summed E-state index contributed by atoms with van der Waals surface area (Å²) in [6.07, 6.45) is 1.63. The van der Waals surface area contributed by atoms with Crippen molar-refractivity contribution in [2.75, 3.05) is 5.32 Å². The van der Waals surface area contributed by atoms with Crippen LogP contribution in [0.3, 0.4) is 0 Å². The van der Waals surface area contributed by atoms with E-state index in [-0.39, 0.29) is 0 Å². The number of nitrogens with zero attached hydrogens (tertiary/aromatic N) is 2. The zero-order chi connectivity index (χ0) is 17.8. The molecule has 0 spiro atoms. The number of rotatable bonds is 5. The van der Waals surface area contributed by atoms with Crippen LogP contribution in [0.25, 0.3) is 0 Å². The molecule has 1 aromatic carbocycles. The highest BCUT2D eigenvalue weighted by atomic mass is 35.5. The highest BCUT2D eigenvalue weighted by Crippen LogP contribution is 2.23. The third kappa shape index (κ3) is 4.75. The zero-order valence-corrected chi connectivity index (χ0v) is 15.8. The first-order valence-electron chi connectivity index (χ1n) is 7.57. The van der Waals surface area contributed by atoms with E-state index in [1.165, 1.54) is 0 Å². The Morgan fingerprint density at radius 2 is 2.08 bits per heavy atom. The number of thiocarbonyl (C=S) groups is 1. The molecule has 0 amide bonds. The summed E-state index contributed by atoms with van der Waals surface area (Å²) in [4.78, 5) is 0. The maximum atomic E-state index is 6.06. The number of nitrogens with one attached hydrogen (secondary N) is 2. The summed E-state index contributed by atoms with van der Waals surface area (Å²) in [6, 6.07) is 11.2. The minimum Gasteiger partial charge on any atom is -0.467 e. The summed E-state index contributed by atoms with van der Waals surface area (Å²) >= 11 is 17.3. The highest BCUT2D eigenvalue weighted by Gasteiger charge is 2.08. The van der Waals surface area contributed by atoms with Crippen LogP contribution in [-0.2, 0) is 13.1 Å². The van der Waals surface area contributed by atoms with Gasteiger partial charge < -0.3 is 15.1 Å². The molecule has 2 N–H and O–H groups in total. The smallest absolute Gasteiger partial charge is 0.172 e. The summed E-state index contributed by atoms with van der Waals surface area (Å²) in [5, 5.41) is 12.2. The average molecular weight is 395 g/mol. The zero-order valence-electron chi connectivity index (χ0n) is 13.4. The number of hydrogen-bond donors (Lipinski definition) is 2. The van der Waals surface area contributed by atoms with E-state index < -0.39 is 0 Å². The Balaban J connectivity index is 1.61. The van der Waals surface area contributed by atoms with Crippen molar-refractivity contribution < 1.29 is 4.42 Å². The lowest BCUT2D eigenvalue weighted by atomic mass is 10.2. The van der Waals surface area contributed by atoms with Crippen LogP contribution >= 0.6 is 35.4 Å². The fourth-order valence-corrected chi connectivity index (χ4v) is 2.78. The summed E-state index contributed by atoms with van der Waals surface area (Å²) in [5.74, 6) is 1.49. The monoisotopic (exact) mass is 394 g/mol. The molecule has 25 heavy (non-hydrogen) atoms. The normalized spacial score (nSPS) is 10.7. The largest absolute Gasteiger partial charge is 0.467 e. The van der Waals surface area contributed by atoms with Gasteiger partial charge in [-0.3, -0.25) is 4.68 Å². The number of benzene rings is 1. The minimum atomic E-state index is 0.482. The first-order valence-corrected chi connectivity index (χ1v) is 8.73. The van der Waals surface area contributed by atoms with Crippen LogP contribution in [0.5, 0.6) is 0 Å². The van der Waals surface area contributed by atoms with Crippen molar-refractivity contribution in [3.63, 3.8) is 0 Å². The summed E-state index contributed by atoms with van der Waals surface area (Å²) in [5.41, 5.74) is 2.02. The van der Waals surface area contributed by atoms with Crippen molar-refractivity contribution >= 4 is 46.4 Å². The molecule has 3 aromatic rings. The van der Waals surface area contributed by atoms with Gasteiger partial charge in [0.1, 0.15) is 5.76 Å². The molecule has 0 radical (unpaired) electrons. The number of halogens is 2. The second-order valence-electron chi connectivity index (χ2n) is 5.46. The molecule has 2 heterocycles. The maximum Gasteiger partial charge on any atom is 0.172 e. The first kappa shape index (κ1) is 17.8. The second-order valence-corrected chi connectivity index (χ2v) is 6.69. The number of hydrogen-bond acceptors (Lipinski definition) is 3. The van der Waals surface area contributed by atoms with E-state index in [9.17, 15) is 0 Å². The first-order chi connectivity index (χ1) is 12.0. The van der Waals surface area contributed by atoms with Gasteiger partial charge >= 0.3 is 0 Å². The van der Waals surface area contributed by atoms with E-state index in [0.29, 0.717) is 34.1 Å². The fraction of sp³-hybridized carbons (Fsp3) is 0.176. The molecule has 0 saturated heterocycles. The molecule has 0 atom stereocenters. The van der Waals surface area contributed by atoms with Crippen molar-refractivity contribution in [1.29, 1.82) is 0 Å². The Morgan fingerprint density at radius 3 is 2.80 bits per heavy atom. The molecular formula is C17H16Cl2N4OS. The van der Waals surface area contributed by atoms with Gasteiger partial charge in [-0.05, 0) is 49.0 Å². The lowest BCUT2D eigenvalue weighted by Gasteiger charge is -2.07. The lowest BCUT2D eigenvalue weighted by molar-refractivity contribution is 0.503. The van der Waals surface area contributed by atoms with Crippen molar-refractivity contribution in [3.05, 3.63) is 69.7 Å². The van der Waals surface area contributed by atoms with E-state index in [4.69, 9.17) is 39.8 Å². The van der Waals surface area contributed by atoms with Gasteiger partial charge in [0.25, 0.3) is 0 Å². The standard InChI is InChI=1S/C17H16Cl2N4OS/c1-11-7-16(21-17(25)20-9-13-3-2-6-24-13)22-23(11)10-12-4-5-14(18)15(19)8-12/h2-8H,9-10H2,1H3,(H2,20,21,22,25). The van der Waals surface area contributed by atoms with E-state index >= 15 is 0 Å². The predicted octanol–water partition coefficient (Wildman–Crippen LogP) is 4.63. The SMILES string of the molecule is Cc1cc(NC(=S)NCc2ccco2)nn1Cc1ccc(Cl)c(Cl)c1. The summed E-state index contributed by atoms with van der Waals surface area (Å²) in [6.45, 7) is 3.09. The van der Waals surface area contributed by atoms with Crippen molar-refractivity contribution in [2.24, 2.45) is 0 Å². The van der Waals surface area contributed by atoms with Crippen LogP contribution < -0.4 is 10.6 Å². The van der Waals surface area contributed by atoms with Crippen molar-refractivity contribution in [3.8, 4) is 0 Å². The number of aromatic nitrogens is 2. The Bertz CT molecular complexity index is 877. The molecule has 0 unspecified atom stereocenters. The molecule has 0 bridgehead atoms. The molecule has 5 nitrogen and oxygen atoms in total. The van der Waals surface area contributed by atoms with Crippen LogP contribution in [0.2, 0.25) is 10.0 Å². The number of anilines is 1. The number of furan rings is 1. The Labute approximate surface area is 160 Å². The topological polar surface area (TPSA) is 55.0 Å². The van der Waals surface area contributed by atoms with E-state index in [2.05, 4.69) is 15.7 Å². The van der Waals surface area contributed by atoms with Gasteiger partial charge in [-0.25, -0.2) is 0 Å². The van der Waals surface area contributed by atoms with Crippen molar-refractivity contribution in [2.45, 2.75) is 20.0 Å². The Kier molecular flexibility index (Phi) is 5.63. The minimum absolute atomic E-state index is 0.482. The summed E-state index contributed by atoms with van der Waals surface area (Å²) < 4.78 is 7.12. The molecule has 0 fully saturated rings. The predicted molar refractivity (Wildman–Crippen MR) is 104 cm³/mol. The van der Waals surface area contributed by atoms with Crippen LogP contribution in [0.1, 0.15) is 17.0 Å². The molecule has 0 aliphatic carbocycles. The van der Waals surface area contributed by atoms with Gasteiger partial charge in [0, 0.05) is 11.8 Å². The molecular weight excluding hydrogens is 379 g/mol. The quantitative estimate of drug-likeness (QED) is 0.617. The molecule has 8 heteroatoms. The fourth-order valence-electron chi connectivity index (χ4n) is 2.28. The van der Waals surface area contributed by atoms with E-state index in [1.807, 2.05) is 41.9 Å². The van der Waals surface area contributed by atoms with E-state index in [1.54, 1.807) is 12.3 Å². The van der Waals surface area contributed by atoms with Gasteiger partial charge in [0.2, 0.25) is 0 Å². The second kappa shape index (κ2) is 7.91. The molecule has 3 rings (SSSR count). The van der Waals surface area contributed by atoms with Gasteiger partial charge in [-0.2, -0.15) is 5.10 Å². The van der Waals surface area contributed by atoms with Gasteiger partial charge in [-0.1, -0.05) is 29.3 Å². The summed E-state index contributed by atoms with van der Waals surface area (Å²) in [7, 11) is 0. The highest BCUT2D eigenvalue weighted by molar-refractivity contribution is 7.80. The average Bonchev–Trinajstić information content (AvgIpc) is 3.19. The lowest BCUT2D eigenvalue weighted by Crippen LogP contribution is -2.27. The Hall–Kier alpha value is -2.02. The van der Waals surface area contributed by atoms with Crippen LogP contribution in [0.4, 0.5) is 5.82 Å². The van der Waals surface area contributed by atoms with Crippen LogP contribution in [0.15, 0.2) is 47.1 Å². The van der Waals surface area contributed by atoms with Crippen LogP contribution in [-0.4, -0.2) is 14.9 Å². The van der Waals surface area contributed by atoms with E-state index in [0.717, 1.165) is 17.0 Å². The molecule has 130 valence electrons. The Morgan fingerprint density at radius 1 is 1.24 bits per heavy atom.